The molecule has 74 valence electrons. The number of rotatable bonds is 3. The normalized spacial score (nSPS) is 10.7. The molecule has 2 aromatic heterocycles. The highest BCUT2D eigenvalue weighted by Gasteiger charge is 2.09. The molecule has 0 amide bonds. The smallest absolute Gasteiger partial charge is 0.228 e. The van der Waals surface area contributed by atoms with E-state index in [2.05, 4.69) is 26.1 Å². The summed E-state index contributed by atoms with van der Waals surface area (Å²) in [6.07, 6.45) is 0.612. The maximum atomic E-state index is 5.56. The molecule has 0 aliphatic heterocycles. The fourth-order valence-electron chi connectivity index (χ4n) is 0.968. The molecule has 0 radical (unpaired) electrons. The number of hydrogen-bond acceptors (Lipinski definition) is 4. The first-order chi connectivity index (χ1) is 6.79. The first-order valence-electron chi connectivity index (χ1n) is 3.92. The van der Waals surface area contributed by atoms with E-state index in [1.165, 1.54) is 0 Å². The lowest BCUT2D eigenvalue weighted by Crippen LogP contribution is -1.84. The fourth-order valence-corrected chi connectivity index (χ4v) is 2.48. The summed E-state index contributed by atoms with van der Waals surface area (Å²) < 4.78 is 6.04. The van der Waals surface area contributed by atoms with Crippen LogP contribution in [0.5, 0.6) is 0 Å². The van der Waals surface area contributed by atoms with Gasteiger partial charge in [0.15, 0.2) is 0 Å². The molecule has 2 rings (SSSR count). The summed E-state index contributed by atoms with van der Waals surface area (Å²) in [5, 5.41) is 5.84. The van der Waals surface area contributed by atoms with Gasteiger partial charge in [-0.2, -0.15) is 4.98 Å². The minimum atomic E-state index is 0.496. The van der Waals surface area contributed by atoms with Crippen LogP contribution in [0, 0.1) is 0 Å². The molecule has 0 fully saturated rings. The Kier molecular flexibility index (Phi) is 3.20. The van der Waals surface area contributed by atoms with E-state index >= 15 is 0 Å². The van der Waals surface area contributed by atoms with Crippen molar-refractivity contribution in [1.29, 1.82) is 0 Å². The van der Waals surface area contributed by atoms with Crippen molar-refractivity contribution in [3.63, 3.8) is 0 Å². The highest BCUT2D eigenvalue weighted by Crippen LogP contribution is 2.27. The molecule has 2 aromatic rings. The molecule has 3 nitrogen and oxygen atoms in total. The molecule has 0 atom stereocenters. The van der Waals surface area contributed by atoms with Crippen LogP contribution in [0.4, 0.5) is 0 Å². The third kappa shape index (κ3) is 2.16. The average Bonchev–Trinajstić information content (AvgIpc) is 2.74. The number of thiophene rings is 1. The largest absolute Gasteiger partial charge is 0.339 e. The summed E-state index contributed by atoms with van der Waals surface area (Å²) in [6, 6.07) is 1.96. The zero-order valence-electron chi connectivity index (χ0n) is 7.04. The van der Waals surface area contributed by atoms with Gasteiger partial charge in [-0.3, -0.25) is 0 Å². The molecular weight excluding hydrogens is 288 g/mol. The number of aromatic nitrogens is 2. The standard InChI is InChI=1S/C8H6BrClN2OS/c9-5-3-6(14-4-5)8-11-7(1-2-10)13-12-8/h3-4H,1-2H2. The van der Waals surface area contributed by atoms with E-state index in [0.29, 0.717) is 24.0 Å². The van der Waals surface area contributed by atoms with Crippen LogP contribution in [0.3, 0.4) is 0 Å². The summed E-state index contributed by atoms with van der Waals surface area (Å²) in [5.41, 5.74) is 0. The molecule has 0 aromatic carbocycles. The Morgan fingerprint density at radius 3 is 3.07 bits per heavy atom. The van der Waals surface area contributed by atoms with Gasteiger partial charge in [-0.1, -0.05) is 5.16 Å². The van der Waals surface area contributed by atoms with Crippen LogP contribution in [-0.4, -0.2) is 16.0 Å². The predicted octanol–water partition coefficient (Wildman–Crippen LogP) is 3.34. The van der Waals surface area contributed by atoms with Crippen LogP contribution in [0.2, 0.25) is 0 Å². The van der Waals surface area contributed by atoms with E-state index < -0.39 is 0 Å². The average molecular weight is 294 g/mol. The van der Waals surface area contributed by atoms with E-state index in [1.54, 1.807) is 11.3 Å². The van der Waals surface area contributed by atoms with Crippen LogP contribution in [0.1, 0.15) is 5.89 Å². The Labute approximate surface area is 98.2 Å². The zero-order valence-corrected chi connectivity index (χ0v) is 10.2. The molecule has 0 bridgehead atoms. The van der Waals surface area contributed by atoms with Crippen molar-refractivity contribution in [1.82, 2.24) is 10.1 Å². The van der Waals surface area contributed by atoms with Crippen molar-refractivity contribution in [2.75, 3.05) is 5.88 Å². The van der Waals surface area contributed by atoms with E-state index in [0.717, 1.165) is 9.35 Å². The van der Waals surface area contributed by atoms with Gasteiger partial charge >= 0.3 is 0 Å². The molecule has 0 spiro atoms. The predicted molar refractivity (Wildman–Crippen MR) is 59.7 cm³/mol. The maximum Gasteiger partial charge on any atom is 0.228 e. The molecule has 0 aliphatic rings. The number of alkyl halides is 1. The Morgan fingerprint density at radius 1 is 1.57 bits per heavy atom. The van der Waals surface area contributed by atoms with E-state index in [4.69, 9.17) is 16.1 Å². The van der Waals surface area contributed by atoms with Gasteiger partial charge in [-0.15, -0.1) is 22.9 Å². The molecule has 0 saturated heterocycles. The summed E-state index contributed by atoms with van der Waals surface area (Å²) in [6.45, 7) is 0. The van der Waals surface area contributed by atoms with Gasteiger partial charge < -0.3 is 4.52 Å². The van der Waals surface area contributed by atoms with E-state index in [1.807, 2.05) is 11.4 Å². The van der Waals surface area contributed by atoms with Crippen molar-refractivity contribution in [3.8, 4) is 10.7 Å². The Hall–Kier alpha value is -0.390. The molecule has 0 N–H and O–H groups in total. The lowest BCUT2D eigenvalue weighted by molar-refractivity contribution is 0.383. The second-order valence-electron chi connectivity index (χ2n) is 2.58. The van der Waals surface area contributed by atoms with Gasteiger partial charge in [-0.05, 0) is 22.0 Å². The highest BCUT2D eigenvalue weighted by molar-refractivity contribution is 9.10. The van der Waals surface area contributed by atoms with Crippen LogP contribution >= 0.6 is 38.9 Å². The second kappa shape index (κ2) is 4.42. The van der Waals surface area contributed by atoms with Crippen molar-refractivity contribution in [2.45, 2.75) is 6.42 Å². The highest BCUT2D eigenvalue weighted by atomic mass is 79.9. The van der Waals surface area contributed by atoms with Gasteiger partial charge in [0.2, 0.25) is 11.7 Å². The molecule has 0 aliphatic carbocycles. The topological polar surface area (TPSA) is 38.9 Å². The van der Waals surface area contributed by atoms with Crippen LogP contribution < -0.4 is 0 Å². The molecule has 0 unspecified atom stereocenters. The van der Waals surface area contributed by atoms with Gasteiger partial charge in [-0.25, -0.2) is 0 Å². The first-order valence-corrected chi connectivity index (χ1v) is 6.13. The van der Waals surface area contributed by atoms with Gasteiger partial charge in [0.25, 0.3) is 0 Å². The van der Waals surface area contributed by atoms with Crippen molar-refractivity contribution in [2.24, 2.45) is 0 Å². The van der Waals surface area contributed by atoms with E-state index in [9.17, 15) is 0 Å². The molecule has 14 heavy (non-hydrogen) atoms. The summed E-state index contributed by atoms with van der Waals surface area (Å²) in [5.74, 6) is 1.70. The minimum absolute atomic E-state index is 0.496. The molecule has 2 heterocycles. The Balaban J connectivity index is 2.24. The van der Waals surface area contributed by atoms with E-state index in [-0.39, 0.29) is 0 Å². The number of hydrogen-bond donors (Lipinski definition) is 0. The van der Waals surface area contributed by atoms with Crippen LogP contribution in [0.25, 0.3) is 10.7 Å². The van der Waals surface area contributed by atoms with Gasteiger partial charge in [0.1, 0.15) is 0 Å². The lowest BCUT2D eigenvalue weighted by atomic mass is 10.4. The monoisotopic (exact) mass is 292 g/mol. The van der Waals surface area contributed by atoms with Crippen molar-refractivity contribution in [3.05, 3.63) is 21.8 Å². The summed E-state index contributed by atoms with van der Waals surface area (Å²) >= 11 is 10.5. The lowest BCUT2D eigenvalue weighted by Gasteiger charge is -1.83. The Morgan fingerprint density at radius 2 is 2.43 bits per heavy atom. The summed E-state index contributed by atoms with van der Waals surface area (Å²) in [7, 11) is 0. The molecule has 0 saturated carbocycles. The zero-order chi connectivity index (χ0) is 9.97. The fraction of sp³-hybridized carbons (Fsp3) is 0.250. The third-order valence-corrected chi connectivity index (χ3v) is 3.44. The number of aryl methyl sites for hydroxylation is 1. The third-order valence-electron chi connectivity index (χ3n) is 1.56. The molecular formula is C8H6BrClN2OS. The van der Waals surface area contributed by atoms with Gasteiger partial charge in [0.05, 0.1) is 4.88 Å². The maximum absolute atomic E-state index is 5.56. The quantitative estimate of drug-likeness (QED) is 0.815. The molecule has 6 heteroatoms. The number of nitrogens with zero attached hydrogens (tertiary/aromatic N) is 2. The SMILES string of the molecule is ClCCc1nc(-c2cc(Br)cs2)no1. The first kappa shape index (κ1) is 10.1. The Bertz CT molecular complexity index is 428. The number of halogens is 2. The second-order valence-corrected chi connectivity index (χ2v) is 4.78. The van der Waals surface area contributed by atoms with Crippen molar-refractivity contribution < 1.29 is 4.52 Å². The van der Waals surface area contributed by atoms with Crippen LogP contribution in [-0.2, 0) is 6.42 Å². The van der Waals surface area contributed by atoms with Crippen LogP contribution in [0.15, 0.2) is 20.4 Å². The van der Waals surface area contributed by atoms with Gasteiger partial charge in [0, 0.05) is 22.2 Å². The minimum Gasteiger partial charge on any atom is -0.339 e. The van der Waals surface area contributed by atoms with Crippen molar-refractivity contribution >= 4 is 38.9 Å². The summed E-state index contributed by atoms with van der Waals surface area (Å²) in [4.78, 5) is 5.20.